The van der Waals surface area contributed by atoms with Crippen LogP contribution in [0.5, 0.6) is 5.75 Å². The summed E-state index contributed by atoms with van der Waals surface area (Å²) in [5.41, 5.74) is 1.10. The summed E-state index contributed by atoms with van der Waals surface area (Å²) in [6, 6.07) is 7.77. The molecule has 1 aromatic carbocycles. The lowest BCUT2D eigenvalue weighted by molar-refractivity contribution is 0.112. The van der Waals surface area contributed by atoms with E-state index in [1.165, 1.54) is 0 Å². The average Bonchev–Trinajstić information content (AvgIpc) is 2.30. The van der Waals surface area contributed by atoms with E-state index in [0.717, 1.165) is 11.3 Å². The molecule has 3 nitrogen and oxygen atoms in total. The van der Waals surface area contributed by atoms with Crippen LogP contribution < -0.4 is 4.74 Å². The van der Waals surface area contributed by atoms with Crippen molar-refractivity contribution in [2.75, 3.05) is 26.9 Å². The quantitative estimate of drug-likeness (QED) is 0.723. The topological polar surface area (TPSA) is 38.7 Å². The number of hydrogen-bond donors (Lipinski definition) is 1. The van der Waals surface area contributed by atoms with Gasteiger partial charge in [0, 0.05) is 0 Å². The molecule has 1 aromatic rings. The summed E-state index contributed by atoms with van der Waals surface area (Å²) >= 11 is 0. The molecule has 0 saturated heterocycles. The number of aliphatic hydroxyl groups excluding tert-OH is 1. The van der Waals surface area contributed by atoms with E-state index in [9.17, 15) is 0 Å². The maximum Gasteiger partial charge on any atom is 0.118 e. The van der Waals surface area contributed by atoms with Crippen LogP contribution in [0.3, 0.4) is 0 Å². The normalized spacial score (nSPS) is 10.8. The zero-order valence-electron chi connectivity index (χ0n) is 8.85. The Hall–Kier alpha value is -1.32. The van der Waals surface area contributed by atoms with Gasteiger partial charge in [-0.3, -0.25) is 0 Å². The zero-order chi connectivity index (χ0) is 10.9. The van der Waals surface area contributed by atoms with Gasteiger partial charge in [0.2, 0.25) is 0 Å². The first-order chi connectivity index (χ1) is 7.36. The van der Waals surface area contributed by atoms with Crippen LogP contribution in [-0.2, 0) is 4.74 Å². The van der Waals surface area contributed by atoms with Gasteiger partial charge in [-0.05, 0) is 17.7 Å². The van der Waals surface area contributed by atoms with Crippen LogP contribution in [-0.4, -0.2) is 32.0 Å². The lowest BCUT2D eigenvalue weighted by atomic mass is 10.2. The molecule has 1 rings (SSSR count). The maximum atomic E-state index is 8.48. The first-order valence-corrected chi connectivity index (χ1v) is 4.86. The van der Waals surface area contributed by atoms with Gasteiger partial charge < -0.3 is 14.6 Å². The Morgan fingerprint density at radius 1 is 1.27 bits per heavy atom. The predicted octanol–water partition coefficient (Wildman–Crippen LogP) is 1.72. The van der Waals surface area contributed by atoms with E-state index in [1.54, 1.807) is 7.11 Å². The third kappa shape index (κ3) is 4.63. The van der Waals surface area contributed by atoms with Crippen molar-refractivity contribution < 1.29 is 14.6 Å². The maximum absolute atomic E-state index is 8.48. The summed E-state index contributed by atoms with van der Waals surface area (Å²) in [4.78, 5) is 0. The molecular formula is C12H16O3. The van der Waals surface area contributed by atoms with Crippen molar-refractivity contribution in [1.29, 1.82) is 0 Å². The van der Waals surface area contributed by atoms with Gasteiger partial charge in [0.15, 0.2) is 0 Å². The third-order valence-corrected chi connectivity index (χ3v) is 1.88. The molecule has 15 heavy (non-hydrogen) atoms. The fourth-order valence-electron chi connectivity index (χ4n) is 1.12. The Kier molecular flexibility index (Phi) is 5.51. The monoisotopic (exact) mass is 208 g/mol. The summed E-state index contributed by atoms with van der Waals surface area (Å²) in [7, 11) is 1.65. The van der Waals surface area contributed by atoms with E-state index in [-0.39, 0.29) is 6.61 Å². The van der Waals surface area contributed by atoms with Crippen LogP contribution in [0.25, 0.3) is 6.08 Å². The fourth-order valence-corrected chi connectivity index (χ4v) is 1.12. The minimum atomic E-state index is 0.0658. The number of aliphatic hydroxyl groups is 1. The van der Waals surface area contributed by atoms with Crippen molar-refractivity contribution in [3.05, 3.63) is 35.9 Å². The number of rotatable bonds is 6. The van der Waals surface area contributed by atoms with E-state index in [0.29, 0.717) is 13.2 Å². The number of ether oxygens (including phenoxy) is 2. The van der Waals surface area contributed by atoms with E-state index in [4.69, 9.17) is 14.6 Å². The average molecular weight is 208 g/mol. The Balaban J connectivity index is 2.36. The first-order valence-electron chi connectivity index (χ1n) is 4.86. The van der Waals surface area contributed by atoms with Crippen molar-refractivity contribution in [2.24, 2.45) is 0 Å². The standard InChI is InChI=1S/C12H16O3/c1-14-12-6-4-11(5-7-12)3-2-9-15-10-8-13/h2-7,13H,8-10H2,1H3/b3-2+. The second-order valence-electron chi connectivity index (χ2n) is 2.97. The van der Waals surface area contributed by atoms with Gasteiger partial charge in [0.1, 0.15) is 5.75 Å². The largest absolute Gasteiger partial charge is 0.497 e. The van der Waals surface area contributed by atoms with Crippen molar-refractivity contribution in [3.8, 4) is 5.75 Å². The van der Waals surface area contributed by atoms with Crippen molar-refractivity contribution in [1.82, 2.24) is 0 Å². The highest BCUT2D eigenvalue weighted by atomic mass is 16.5. The minimum absolute atomic E-state index is 0.0658. The van der Waals surface area contributed by atoms with Crippen molar-refractivity contribution >= 4 is 6.08 Å². The molecule has 0 aromatic heterocycles. The molecule has 82 valence electrons. The Labute approximate surface area is 90.0 Å². The van der Waals surface area contributed by atoms with Gasteiger partial charge in [-0.1, -0.05) is 24.3 Å². The van der Waals surface area contributed by atoms with E-state index in [1.807, 2.05) is 36.4 Å². The van der Waals surface area contributed by atoms with Crippen LogP contribution in [0, 0.1) is 0 Å². The summed E-state index contributed by atoms with van der Waals surface area (Å²) in [6.07, 6.45) is 3.88. The van der Waals surface area contributed by atoms with Gasteiger partial charge in [0.05, 0.1) is 26.9 Å². The molecular weight excluding hydrogens is 192 g/mol. The van der Waals surface area contributed by atoms with Crippen LogP contribution in [0.15, 0.2) is 30.3 Å². The second kappa shape index (κ2) is 7.04. The van der Waals surface area contributed by atoms with Crippen LogP contribution in [0.2, 0.25) is 0 Å². The Bertz CT molecular complexity index is 290. The molecule has 0 bridgehead atoms. The van der Waals surface area contributed by atoms with Crippen LogP contribution >= 0.6 is 0 Å². The molecule has 0 fully saturated rings. The molecule has 0 heterocycles. The number of methoxy groups -OCH3 is 1. The van der Waals surface area contributed by atoms with Gasteiger partial charge in [-0.2, -0.15) is 0 Å². The molecule has 0 spiro atoms. The molecule has 0 radical (unpaired) electrons. The van der Waals surface area contributed by atoms with Crippen LogP contribution in [0.1, 0.15) is 5.56 Å². The highest BCUT2D eigenvalue weighted by Gasteiger charge is 1.89. The third-order valence-electron chi connectivity index (χ3n) is 1.88. The molecule has 0 atom stereocenters. The molecule has 0 aliphatic rings. The fraction of sp³-hybridized carbons (Fsp3) is 0.333. The minimum Gasteiger partial charge on any atom is -0.497 e. The summed E-state index contributed by atoms with van der Waals surface area (Å²) < 4.78 is 10.1. The van der Waals surface area contributed by atoms with Crippen molar-refractivity contribution in [2.45, 2.75) is 0 Å². The lowest BCUT2D eigenvalue weighted by Gasteiger charge is -1.99. The van der Waals surface area contributed by atoms with Gasteiger partial charge in [-0.25, -0.2) is 0 Å². The zero-order valence-corrected chi connectivity index (χ0v) is 8.85. The second-order valence-corrected chi connectivity index (χ2v) is 2.97. The number of benzene rings is 1. The molecule has 0 unspecified atom stereocenters. The van der Waals surface area contributed by atoms with E-state index < -0.39 is 0 Å². The first kappa shape index (κ1) is 11.8. The smallest absolute Gasteiger partial charge is 0.118 e. The van der Waals surface area contributed by atoms with Crippen LogP contribution in [0.4, 0.5) is 0 Å². The summed E-state index contributed by atoms with van der Waals surface area (Å²) in [5, 5.41) is 8.48. The molecule has 0 amide bonds. The molecule has 3 heteroatoms. The highest BCUT2D eigenvalue weighted by molar-refractivity contribution is 5.50. The Morgan fingerprint density at radius 2 is 2.00 bits per heavy atom. The Morgan fingerprint density at radius 3 is 2.60 bits per heavy atom. The predicted molar refractivity (Wildman–Crippen MR) is 59.9 cm³/mol. The van der Waals surface area contributed by atoms with Gasteiger partial charge in [0.25, 0.3) is 0 Å². The summed E-state index contributed by atoms with van der Waals surface area (Å²) in [5.74, 6) is 0.851. The molecule has 1 N–H and O–H groups in total. The highest BCUT2D eigenvalue weighted by Crippen LogP contribution is 2.11. The van der Waals surface area contributed by atoms with Gasteiger partial charge >= 0.3 is 0 Å². The van der Waals surface area contributed by atoms with E-state index >= 15 is 0 Å². The van der Waals surface area contributed by atoms with E-state index in [2.05, 4.69) is 0 Å². The molecule has 0 aliphatic heterocycles. The van der Waals surface area contributed by atoms with Gasteiger partial charge in [-0.15, -0.1) is 0 Å². The summed E-state index contributed by atoms with van der Waals surface area (Å²) in [6.45, 7) is 0.968. The molecule has 0 aliphatic carbocycles. The van der Waals surface area contributed by atoms with Crippen molar-refractivity contribution in [3.63, 3.8) is 0 Å². The lowest BCUT2D eigenvalue weighted by Crippen LogP contribution is -1.97. The number of hydrogen-bond acceptors (Lipinski definition) is 3. The SMILES string of the molecule is COc1ccc(/C=C/COCCO)cc1. The molecule has 0 saturated carbocycles.